The third-order valence-electron chi connectivity index (χ3n) is 5.93. The van der Waals surface area contributed by atoms with E-state index in [1.165, 1.54) is 13.0 Å². The maximum absolute atomic E-state index is 12.8. The highest BCUT2D eigenvalue weighted by Gasteiger charge is 2.27. The minimum atomic E-state index is -0.804. The Morgan fingerprint density at radius 1 is 1.05 bits per heavy atom. The predicted molar refractivity (Wildman–Crippen MR) is 160 cm³/mol. The average molecular weight is 659 g/mol. The fraction of sp³-hybridized carbons (Fsp3) is 0.207. The van der Waals surface area contributed by atoms with Crippen molar-refractivity contribution in [3.8, 4) is 5.75 Å². The molecule has 0 aliphatic heterocycles. The molecule has 0 spiro atoms. The standard InChI is InChI=1S/C29H29Br2N3O5/c1-17(7-3-6-10-26(36)34-25-9-5-4-8-24(25)32)28(22-15-20(30)16-23(31)27(22)37)39-29(38)33-21-13-11-19(12-14-21)18(2)35/h4-6,8-17,28,37H,3,7,32H2,1-2H3,(H,33,38)(H,34,36)/b10-6+/t17-,28-/m0/s1. The number of para-hydroxylation sites is 2. The van der Waals surface area contributed by atoms with Gasteiger partial charge in [0.05, 0.1) is 15.8 Å². The van der Waals surface area contributed by atoms with Crippen molar-refractivity contribution in [1.29, 1.82) is 0 Å². The molecule has 39 heavy (non-hydrogen) atoms. The summed E-state index contributed by atoms with van der Waals surface area (Å²) in [5.41, 5.74) is 8.28. The van der Waals surface area contributed by atoms with Crippen LogP contribution in [0.3, 0.4) is 0 Å². The first-order valence-corrected chi connectivity index (χ1v) is 13.7. The number of phenolic OH excluding ortho intramolecular Hbond substituents is 1. The predicted octanol–water partition coefficient (Wildman–Crippen LogP) is 7.60. The number of nitrogens with two attached hydrogens (primary N) is 1. The molecule has 0 fully saturated rings. The SMILES string of the molecule is CC(=O)c1ccc(NC(=O)O[C@H](c2cc(Br)cc(Br)c2O)[C@@H](C)CC/C=C/C(=O)Nc2ccccc2N)cc1. The molecule has 8 nitrogen and oxygen atoms in total. The third-order valence-corrected chi connectivity index (χ3v) is 6.99. The van der Waals surface area contributed by atoms with Crippen LogP contribution in [0.2, 0.25) is 0 Å². The summed E-state index contributed by atoms with van der Waals surface area (Å²) in [6.45, 7) is 3.36. The summed E-state index contributed by atoms with van der Waals surface area (Å²) < 4.78 is 6.95. The van der Waals surface area contributed by atoms with Crippen LogP contribution in [0, 0.1) is 5.92 Å². The fourth-order valence-electron chi connectivity index (χ4n) is 3.83. The van der Waals surface area contributed by atoms with Crippen LogP contribution >= 0.6 is 31.9 Å². The number of ether oxygens (including phenoxy) is 1. The minimum Gasteiger partial charge on any atom is -0.506 e. The number of aromatic hydroxyl groups is 1. The molecule has 0 unspecified atom stereocenters. The zero-order valence-electron chi connectivity index (χ0n) is 21.4. The highest BCUT2D eigenvalue weighted by atomic mass is 79.9. The number of anilines is 3. The number of phenols is 1. The number of hydrogen-bond acceptors (Lipinski definition) is 6. The Balaban J connectivity index is 1.70. The van der Waals surface area contributed by atoms with E-state index >= 15 is 0 Å². The smallest absolute Gasteiger partial charge is 0.412 e. The molecule has 204 valence electrons. The van der Waals surface area contributed by atoms with Crippen molar-refractivity contribution >= 4 is 66.7 Å². The zero-order valence-corrected chi connectivity index (χ0v) is 24.6. The van der Waals surface area contributed by atoms with E-state index in [2.05, 4.69) is 42.5 Å². The average Bonchev–Trinajstić information content (AvgIpc) is 2.89. The number of hydrogen-bond donors (Lipinski definition) is 4. The molecule has 0 saturated heterocycles. The summed E-state index contributed by atoms with van der Waals surface area (Å²) in [6, 6.07) is 16.8. The van der Waals surface area contributed by atoms with Crippen molar-refractivity contribution in [3.05, 3.63) is 92.9 Å². The number of benzene rings is 3. The largest absolute Gasteiger partial charge is 0.506 e. The lowest BCUT2D eigenvalue weighted by Crippen LogP contribution is -2.22. The number of nitrogens with one attached hydrogen (secondary N) is 2. The molecule has 0 bridgehead atoms. The van der Waals surface area contributed by atoms with Crippen molar-refractivity contribution in [2.45, 2.75) is 32.8 Å². The maximum Gasteiger partial charge on any atom is 0.412 e. The molecule has 3 rings (SSSR count). The van der Waals surface area contributed by atoms with Crippen molar-refractivity contribution < 1.29 is 24.2 Å². The lowest BCUT2D eigenvalue weighted by Gasteiger charge is -2.26. The second kappa shape index (κ2) is 14.0. The molecule has 10 heteroatoms. The van der Waals surface area contributed by atoms with E-state index < -0.39 is 12.2 Å². The molecule has 0 radical (unpaired) electrons. The molecule has 2 amide bonds. The number of halogens is 2. The van der Waals surface area contributed by atoms with E-state index in [-0.39, 0.29) is 23.4 Å². The van der Waals surface area contributed by atoms with Crippen molar-refractivity contribution in [3.63, 3.8) is 0 Å². The van der Waals surface area contributed by atoms with Crippen molar-refractivity contribution in [2.75, 3.05) is 16.4 Å². The van der Waals surface area contributed by atoms with Gasteiger partial charge in [-0.3, -0.25) is 14.9 Å². The van der Waals surface area contributed by atoms with E-state index in [4.69, 9.17) is 10.5 Å². The molecule has 0 aliphatic rings. The van der Waals surface area contributed by atoms with Gasteiger partial charge in [0.2, 0.25) is 5.91 Å². The quantitative estimate of drug-likeness (QED) is 0.101. The van der Waals surface area contributed by atoms with Gasteiger partial charge in [0, 0.05) is 21.3 Å². The number of carbonyl (C=O) groups excluding carboxylic acids is 3. The van der Waals surface area contributed by atoms with Gasteiger partial charge in [0.25, 0.3) is 0 Å². The van der Waals surface area contributed by atoms with Crippen LogP contribution in [0.4, 0.5) is 21.9 Å². The van der Waals surface area contributed by atoms with Gasteiger partial charge >= 0.3 is 6.09 Å². The summed E-state index contributed by atoms with van der Waals surface area (Å²) in [5.74, 6) is -0.661. The van der Waals surface area contributed by atoms with Gasteiger partial charge in [-0.05, 0) is 96.2 Å². The van der Waals surface area contributed by atoms with E-state index in [9.17, 15) is 19.5 Å². The number of rotatable bonds is 10. The van der Waals surface area contributed by atoms with Gasteiger partial charge in [0.15, 0.2) is 5.78 Å². The van der Waals surface area contributed by atoms with Crippen molar-refractivity contribution in [2.24, 2.45) is 5.92 Å². The number of ketones is 1. The van der Waals surface area contributed by atoms with Crippen LogP contribution < -0.4 is 16.4 Å². The van der Waals surface area contributed by atoms with Crippen LogP contribution in [0.25, 0.3) is 0 Å². The second-order valence-corrected chi connectivity index (χ2v) is 10.7. The Morgan fingerprint density at radius 3 is 2.41 bits per heavy atom. The zero-order chi connectivity index (χ0) is 28.5. The molecule has 3 aromatic rings. The molecule has 2 atom stereocenters. The summed E-state index contributed by atoms with van der Waals surface area (Å²) in [7, 11) is 0. The van der Waals surface area contributed by atoms with Crippen LogP contribution in [0.1, 0.15) is 48.7 Å². The summed E-state index contributed by atoms with van der Waals surface area (Å²) in [6.07, 6.45) is 2.71. The monoisotopic (exact) mass is 657 g/mol. The number of amides is 2. The third kappa shape index (κ3) is 8.69. The molecule has 0 heterocycles. The first-order valence-electron chi connectivity index (χ1n) is 12.1. The molecule has 0 aliphatic carbocycles. The molecule has 5 N–H and O–H groups in total. The Labute approximate surface area is 243 Å². The van der Waals surface area contributed by atoms with E-state index in [1.54, 1.807) is 66.7 Å². The first-order chi connectivity index (χ1) is 18.5. The number of nitrogen functional groups attached to an aromatic ring is 1. The van der Waals surface area contributed by atoms with E-state index in [1.807, 2.05) is 6.92 Å². The minimum absolute atomic E-state index is 0.0379. The van der Waals surface area contributed by atoms with Crippen LogP contribution in [-0.4, -0.2) is 22.9 Å². The molecule has 0 aromatic heterocycles. The van der Waals surface area contributed by atoms with Gasteiger partial charge in [0.1, 0.15) is 11.9 Å². The van der Waals surface area contributed by atoms with Crippen LogP contribution in [-0.2, 0) is 9.53 Å². The number of carbonyl (C=O) groups is 3. The lowest BCUT2D eigenvalue weighted by molar-refractivity contribution is -0.111. The summed E-state index contributed by atoms with van der Waals surface area (Å²) in [4.78, 5) is 36.6. The first kappa shape index (κ1) is 29.9. The Kier molecular flexibility index (Phi) is 10.7. The number of Topliss-reactive ketones (excluding diaryl/α,β-unsaturated/α-hetero) is 1. The van der Waals surface area contributed by atoms with Gasteiger partial charge in [-0.1, -0.05) is 41.1 Å². The fourth-order valence-corrected chi connectivity index (χ4v) is 5.08. The second-order valence-electron chi connectivity index (χ2n) is 8.94. The van der Waals surface area contributed by atoms with Crippen molar-refractivity contribution in [1.82, 2.24) is 0 Å². The normalized spacial score (nSPS) is 12.5. The molecular formula is C29H29Br2N3O5. The Bertz CT molecular complexity index is 1380. The van der Waals surface area contributed by atoms with Gasteiger partial charge in [-0.25, -0.2) is 4.79 Å². The Hall–Kier alpha value is -3.63. The molecule has 3 aromatic carbocycles. The van der Waals surface area contributed by atoms with Crippen LogP contribution in [0.5, 0.6) is 5.75 Å². The molecule has 0 saturated carbocycles. The highest BCUT2D eigenvalue weighted by Crippen LogP contribution is 2.40. The summed E-state index contributed by atoms with van der Waals surface area (Å²) >= 11 is 6.76. The van der Waals surface area contributed by atoms with Gasteiger partial charge < -0.3 is 20.9 Å². The van der Waals surface area contributed by atoms with Crippen LogP contribution in [0.15, 0.2) is 81.8 Å². The molecular weight excluding hydrogens is 630 g/mol. The van der Waals surface area contributed by atoms with Gasteiger partial charge in [-0.15, -0.1) is 0 Å². The summed E-state index contributed by atoms with van der Waals surface area (Å²) in [5, 5.41) is 16.1. The van der Waals surface area contributed by atoms with E-state index in [0.29, 0.717) is 50.0 Å². The van der Waals surface area contributed by atoms with Gasteiger partial charge in [-0.2, -0.15) is 0 Å². The van der Waals surface area contributed by atoms with E-state index in [0.717, 1.165) is 0 Å². The number of allylic oxidation sites excluding steroid dienone is 1. The maximum atomic E-state index is 12.8. The Morgan fingerprint density at radius 2 is 1.74 bits per heavy atom. The highest BCUT2D eigenvalue weighted by molar-refractivity contribution is 9.11. The lowest BCUT2D eigenvalue weighted by atomic mass is 9.92. The topological polar surface area (TPSA) is 131 Å².